The summed E-state index contributed by atoms with van der Waals surface area (Å²) in [4.78, 5) is 11.8. The average molecular weight is 256 g/mol. The molecule has 0 aliphatic heterocycles. The van der Waals surface area contributed by atoms with Crippen LogP contribution in [-0.2, 0) is 9.53 Å². The lowest BCUT2D eigenvalue weighted by Gasteiger charge is -2.13. The Morgan fingerprint density at radius 2 is 1.72 bits per heavy atom. The van der Waals surface area contributed by atoms with Crippen LogP contribution in [0.1, 0.15) is 79.1 Å². The summed E-state index contributed by atoms with van der Waals surface area (Å²) < 4.78 is 5.36. The second-order valence-corrected chi connectivity index (χ2v) is 5.66. The lowest BCUT2D eigenvalue weighted by molar-refractivity contribution is -0.149. The van der Waals surface area contributed by atoms with Crippen LogP contribution < -0.4 is 0 Å². The highest BCUT2D eigenvalue weighted by Gasteiger charge is 2.16. The normalized spacial score (nSPS) is 12.7. The van der Waals surface area contributed by atoms with Gasteiger partial charge in [-0.25, -0.2) is 0 Å². The zero-order valence-corrected chi connectivity index (χ0v) is 12.8. The average Bonchev–Trinajstić information content (AvgIpc) is 2.34. The van der Waals surface area contributed by atoms with E-state index in [-0.39, 0.29) is 11.9 Å². The maximum Gasteiger partial charge on any atom is 0.308 e. The van der Waals surface area contributed by atoms with Gasteiger partial charge in [-0.2, -0.15) is 0 Å². The van der Waals surface area contributed by atoms with Crippen LogP contribution in [0.3, 0.4) is 0 Å². The van der Waals surface area contributed by atoms with Crippen LogP contribution in [0.15, 0.2) is 0 Å². The van der Waals surface area contributed by atoms with Gasteiger partial charge in [-0.05, 0) is 25.2 Å². The Morgan fingerprint density at radius 3 is 2.28 bits per heavy atom. The molecule has 0 spiro atoms. The molecule has 0 aromatic carbocycles. The zero-order valence-electron chi connectivity index (χ0n) is 12.8. The first kappa shape index (κ1) is 17.5. The van der Waals surface area contributed by atoms with E-state index in [4.69, 9.17) is 4.74 Å². The molecule has 0 radical (unpaired) electrons. The molecule has 0 rings (SSSR count). The Kier molecular flexibility index (Phi) is 11.2. The molecule has 18 heavy (non-hydrogen) atoms. The molecule has 0 aromatic heterocycles. The molecule has 1 atom stereocenters. The Morgan fingerprint density at radius 1 is 1.00 bits per heavy atom. The van der Waals surface area contributed by atoms with Gasteiger partial charge in [-0.15, -0.1) is 0 Å². The summed E-state index contributed by atoms with van der Waals surface area (Å²) in [5.41, 5.74) is 0. The summed E-state index contributed by atoms with van der Waals surface area (Å²) in [6, 6.07) is 0. The molecule has 0 aliphatic carbocycles. The topological polar surface area (TPSA) is 26.3 Å². The molecule has 0 fully saturated rings. The van der Waals surface area contributed by atoms with Crippen molar-refractivity contribution in [3.63, 3.8) is 0 Å². The first-order valence-electron chi connectivity index (χ1n) is 7.78. The van der Waals surface area contributed by atoms with E-state index in [0.29, 0.717) is 6.61 Å². The summed E-state index contributed by atoms with van der Waals surface area (Å²) in [5, 5.41) is 0. The van der Waals surface area contributed by atoms with Crippen molar-refractivity contribution >= 4 is 5.97 Å². The maximum absolute atomic E-state index is 11.8. The van der Waals surface area contributed by atoms with Crippen LogP contribution in [0.4, 0.5) is 0 Å². The highest BCUT2D eigenvalue weighted by molar-refractivity contribution is 5.72. The summed E-state index contributed by atoms with van der Waals surface area (Å²) in [6.45, 7) is 9.34. The molecule has 0 saturated heterocycles. The first-order valence-corrected chi connectivity index (χ1v) is 7.78. The van der Waals surface area contributed by atoms with Crippen molar-refractivity contribution in [3.8, 4) is 0 Å². The van der Waals surface area contributed by atoms with Crippen molar-refractivity contribution in [1.29, 1.82) is 0 Å². The Bertz CT molecular complexity index is 199. The molecule has 0 unspecified atom stereocenters. The molecule has 0 saturated carbocycles. The third-order valence-electron chi connectivity index (χ3n) is 3.40. The van der Waals surface area contributed by atoms with Gasteiger partial charge in [-0.1, -0.05) is 59.8 Å². The Labute approximate surface area is 113 Å². The van der Waals surface area contributed by atoms with Crippen LogP contribution in [0, 0.1) is 11.8 Å². The minimum absolute atomic E-state index is 0.0230. The summed E-state index contributed by atoms with van der Waals surface area (Å²) in [5.74, 6) is 0.932. The van der Waals surface area contributed by atoms with Gasteiger partial charge in [0.05, 0.1) is 12.5 Å². The Hall–Kier alpha value is -0.530. The number of rotatable bonds is 11. The fourth-order valence-electron chi connectivity index (χ4n) is 2.06. The standard InChI is InChI=1S/C16H32O2/c1-5-7-12-15(6-2)16(17)18-13-10-8-9-11-14(3)4/h14-15H,5-13H2,1-4H3/t15-/m0/s1. The lowest BCUT2D eigenvalue weighted by Crippen LogP contribution is -2.17. The smallest absolute Gasteiger partial charge is 0.308 e. The second-order valence-electron chi connectivity index (χ2n) is 5.66. The van der Waals surface area contributed by atoms with Gasteiger partial charge in [0.25, 0.3) is 0 Å². The number of ether oxygens (including phenoxy) is 1. The molecule has 0 aliphatic rings. The molecule has 108 valence electrons. The van der Waals surface area contributed by atoms with Gasteiger partial charge in [0.1, 0.15) is 0 Å². The Balaban J connectivity index is 3.55. The highest BCUT2D eigenvalue weighted by atomic mass is 16.5. The van der Waals surface area contributed by atoms with Crippen molar-refractivity contribution in [2.45, 2.75) is 79.1 Å². The number of carbonyl (C=O) groups is 1. The molecule has 0 heterocycles. The number of hydrogen-bond acceptors (Lipinski definition) is 2. The van der Waals surface area contributed by atoms with E-state index in [1.807, 2.05) is 0 Å². The first-order chi connectivity index (χ1) is 8.61. The minimum Gasteiger partial charge on any atom is -0.465 e. The third-order valence-corrected chi connectivity index (χ3v) is 3.40. The van der Waals surface area contributed by atoms with Crippen LogP contribution in [0.25, 0.3) is 0 Å². The third kappa shape index (κ3) is 9.49. The lowest BCUT2D eigenvalue weighted by atomic mass is 10.00. The molecular formula is C16H32O2. The molecule has 0 N–H and O–H groups in total. The predicted molar refractivity (Wildman–Crippen MR) is 77.6 cm³/mol. The largest absolute Gasteiger partial charge is 0.465 e. The highest BCUT2D eigenvalue weighted by Crippen LogP contribution is 2.15. The second kappa shape index (κ2) is 11.6. The van der Waals surface area contributed by atoms with Crippen LogP contribution in [0.2, 0.25) is 0 Å². The van der Waals surface area contributed by atoms with E-state index in [0.717, 1.165) is 38.0 Å². The molecule has 0 aromatic rings. The van der Waals surface area contributed by atoms with Gasteiger partial charge in [0.2, 0.25) is 0 Å². The molecule has 0 bridgehead atoms. The van der Waals surface area contributed by atoms with Crippen molar-refractivity contribution in [2.75, 3.05) is 6.61 Å². The van der Waals surface area contributed by atoms with Crippen LogP contribution >= 0.6 is 0 Å². The summed E-state index contributed by atoms with van der Waals surface area (Å²) >= 11 is 0. The number of carbonyl (C=O) groups excluding carboxylic acids is 1. The number of unbranched alkanes of at least 4 members (excludes halogenated alkanes) is 3. The van der Waals surface area contributed by atoms with E-state index < -0.39 is 0 Å². The van der Waals surface area contributed by atoms with Gasteiger partial charge < -0.3 is 4.74 Å². The van der Waals surface area contributed by atoms with E-state index >= 15 is 0 Å². The molecule has 0 amide bonds. The fourth-order valence-corrected chi connectivity index (χ4v) is 2.06. The van der Waals surface area contributed by atoms with E-state index in [1.165, 1.54) is 19.3 Å². The molecule has 2 nitrogen and oxygen atoms in total. The van der Waals surface area contributed by atoms with E-state index in [2.05, 4.69) is 27.7 Å². The van der Waals surface area contributed by atoms with Gasteiger partial charge >= 0.3 is 5.97 Å². The molecular weight excluding hydrogens is 224 g/mol. The SMILES string of the molecule is CCCC[C@H](CC)C(=O)OCCCCCC(C)C. The monoisotopic (exact) mass is 256 g/mol. The van der Waals surface area contributed by atoms with E-state index in [1.54, 1.807) is 0 Å². The van der Waals surface area contributed by atoms with Gasteiger partial charge in [0, 0.05) is 0 Å². The molecule has 2 heteroatoms. The van der Waals surface area contributed by atoms with Crippen molar-refractivity contribution in [2.24, 2.45) is 11.8 Å². The van der Waals surface area contributed by atoms with Gasteiger partial charge in [-0.3, -0.25) is 4.79 Å². The van der Waals surface area contributed by atoms with Crippen molar-refractivity contribution in [3.05, 3.63) is 0 Å². The maximum atomic E-state index is 11.8. The zero-order chi connectivity index (χ0) is 13.8. The minimum atomic E-state index is 0.0230. The van der Waals surface area contributed by atoms with Crippen molar-refractivity contribution < 1.29 is 9.53 Å². The van der Waals surface area contributed by atoms with Crippen molar-refractivity contribution in [1.82, 2.24) is 0 Å². The number of esters is 1. The van der Waals surface area contributed by atoms with Crippen LogP contribution in [-0.4, -0.2) is 12.6 Å². The quantitative estimate of drug-likeness (QED) is 0.385. The summed E-state index contributed by atoms with van der Waals surface area (Å²) in [7, 11) is 0. The van der Waals surface area contributed by atoms with Crippen LogP contribution in [0.5, 0.6) is 0 Å². The summed E-state index contributed by atoms with van der Waals surface area (Å²) in [6.07, 6.45) is 8.90. The number of hydrogen-bond donors (Lipinski definition) is 0. The fraction of sp³-hybridized carbons (Fsp3) is 0.938. The predicted octanol–water partition coefficient (Wildman–Crippen LogP) is 4.96. The van der Waals surface area contributed by atoms with E-state index in [9.17, 15) is 4.79 Å². The van der Waals surface area contributed by atoms with Gasteiger partial charge in [0.15, 0.2) is 0 Å².